The zero-order chi connectivity index (χ0) is 21.3. The molecule has 1 N–H and O–H groups in total. The highest BCUT2D eigenvalue weighted by atomic mass is 16.2. The first-order valence-electron chi connectivity index (χ1n) is 10.1. The molecule has 1 fully saturated rings. The number of pyridine rings is 1. The second-order valence-corrected chi connectivity index (χ2v) is 7.78. The minimum absolute atomic E-state index is 0.235. The number of carbonyl (C=O) groups is 1. The molecule has 1 aliphatic heterocycles. The number of aryl methyl sites for hydroxylation is 1. The predicted molar refractivity (Wildman–Crippen MR) is 114 cm³/mol. The number of benzene rings is 1. The average molecular weight is 407 g/mol. The topological polar surface area (TPSA) is 89.2 Å². The molecule has 30 heavy (non-hydrogen) atoms. The first-order chi connectivity index (χ1) is 14.4. The number of carbonyl (C=O) groups excluding carboxylic acids is 1. The van der Waals surface area contributed by atoms with Gasteiger partial charge in [0, 0.05) is 33.4 Å². The molecule has 0 atom stereocenters. The fourth-order valence-corrected chi connectivity index (χ4v) is 3.84. The Labute approximate surface area is 173 Å². The minimum atomic E-state index is -0.469. The summed E-state index contributed by atoms with van der Waals surface area (Å²) in [6, 6.07) is 9.73. The van der Waals surface area contributed by atoms with Crippen LogP contribution in [0.1, 0.15) is 34.3 Å². The fourth-order valence-electron chi connectivity index (χ4n) is 3.84. The number of aromatic nitrogens is 3. The van der Waals surface area contributed by atoms with Crippen molar-refractivity contribution in [2.24, 2.45) is 14.1 Å². The number of hydrogen-bond acceptors (Lipinski definition) is 5. The number of nitrogens with one attached hydrogen (secondary N) is 1. The number of amides is 1. The third kappa shape index (κ3) is 3.91. The van der Waals surface area contributed by atoms with Gasteiger partial charge in [0.05, 0.1) is 10.9 Å². The van der Waals surface area contributed by atoms with E-state index >= 15 is 0 Å². The van der Waals surface area contributed by atoms with Crippen molar-refractivity contribution in [1.82, 2.24) is 24.3 Å². The van der Waals surface area contributed by atoms with Gasteiger partial charge in [-0.2, -0.15) is 0 Å². The highest BCUT2D eigenvalue weighted by Crippen LogP contribution is 2.13. The van der Waals surface area contributed by atoms with Crippen LogP contribution < -0.4 is 16.6 Å². The molecule has 4 rings (SSSR count). The molecular weight excluding hydrogens is 382 g/mol. The maximum Gasteiger partial charge on any atom is 0.332 e. The Bertz CT molecular complexity index is 1200. The van der Waals surface area contributed by atoms with Crippen molar-refractivity contribution in [3.05, 3.63) is 74.1 Å². The van der Waals surface area contributed by atoms with Crippen LogP contribution in [0.2, 0.25) is 0 Å². The Kier molecular flexibility index (Phi) is 5.50. The van der Waals surface area contributed by atoms with Gasteiger partial charge in [0.15, 0.2) is 0 Å². The van der Waals surface area contributed by atoms with Crippen LogP contribution in [0.15, 0.2) is 46.1 Å². The minimum Gasteiger partial charge on any atom is -0.348 e. The summed E-state index contributed by atoms with van der Waals surface area (Å²) in [5, 5.41) is 3.10. The molecule has 156 valence electrons. The van der Waals surface area contributed by atoms with E-state index in [-0.39, 0.29) is 22.5 Å². The SMILES string of the molecule is Cn1c(=O)c2cc(C(=O)NCc3ccc(CN4CCCC4)cc3)cnc2n(C)c1=O. The summed E-state index contributed by atoms with van der Waals surface area (Å²) < 4.78 is 2.30. The van der Waals surface area contributed by atoms with Gasteiger partial charge in [-0.1, -0.05) is 24.3 Å². The number of hydrogen-bond donors (Lipinski definition) is 1. The highest BCUT2D eigenvalue weighted by molar-refractivity contribution is 5.96. The van der Waals surface area contributed by atoms with E-state index in [4.69, 9.17) is 0 Å². The van der Waals surface area contributed by atoms with Gasteiger partial charge in [0.25, 0.3) is 11.5 Å². The lowest BCUT2D eigenvalue weighted by atomic mass is 10.1. The molecule has 0 spiro atoms. The molecule has 0 unspecified atom stereocenters. The van der Waals surface area contributed by atoms with Gasteiger partial charge >= 0.3 is 5.69 Å². The summed E-state index contributed by atoms with van der Waals surface area (Å²) in [4.78, 5) is 43.6. The predicted octanol–water partition coefficient (Wildman–Crippen LogP) is 1.16. The van der Waals surface area contributed by atoms with Crippen molar-refractivity contribution >= 4 is 16.9 Å². The van der Waals surface area contributed by atoms with Crippen LogP contribution in [0.5, 0.6) is 0 Å². The Morgan fingerprint density at radius 2 is 1.70 bits per heavy atom. The van der Waals surface area contributed by atoms with Crippen molar-refractivity contribution in [2.45, 2.75) is 25.9 Å². The summed E-state index contributed by atoms with van der Waals surface area (Å²) >= 11 is 0. The molecule has 8 heteroatoms. The van der Waals surface area contributed by atoms with Crippen molar-refractivity contribution in [2.75, 3.05) is 13.1 Å². The normalized spacial score (nSPS) is 14.3. The van der Waals surface area contributed by atoms with E-state index in [1.165, 1.54) is 42.3 Å². The third-order valence-corrected chi connectivity index (χ3v) is 5.64. The number of nitrogens with zero attached hydrogens (tertiary/aromatic N) is 4. The van der Waals surface area contributed by atoms with E-state index in [1.807, 2.05) is 12.1 Å². The standard InChI is InChI=1S/C22H25N5O3/c1-25-19-18(21(29)26(2)22(25)30)11-17(13-23-19)20(28)24-12-15-5-7-16(8-6-15)14-27-9-3-4-10-27/h5-8,11,13H,3-4,9-10,12,14H2,1-2H3,(H,24,28). The monoisotopic (exact) mass is 407 g/mol. The Hall–Kier alpha value is -3.26. The first kappa shape index (κ1) is 20.0. The number of rotatable bonds is 5. The van der Waals surface area contributed by atoms with Crippen LogP contribution in [0.4, 0.5) is 0 Å². The second kappa shape index (κ2) is 8.23. The van der Waals surface area contributed by atoms with Crippen LogP contribution in [0, 0.1) is 0 Å². The van der Waals surface area contributed by atoms with E-state index in [2.05, 4.69) is 27.3 Å². The molecule has 1 amide bonds. The van der Waals surface area contributed by atoms with Gasteiger partial charge in [-0.15, -0.1) is 0 Å². The zero-order valence-corrected chi connectivity index (χ0v) is 17.2. The molecular formula is C22H25N5O3. The van der Waals surface area contributed by atoms with Crippen LogP contribution in [0.25, 0.3) is 11.0 Å². The molecule has 3 aromatic rings. The lowest BCUT2D eigenvalue weighted by Crippen LogP contribution is -2.37. The quantitative estimate of drug-likeness (QED) is 0.686. The van der Waals surface area contributed by atoms with Gasteiger partial charge < -0.3 is 5.32 Å². The van der Waals surface area contributed by atoms with E-state index in [0.29, 0.717) is 6.54 Å². The summed E-state index contributed by atoms with van der Waals surface area (Å²) in [7, 11) is 2.95. The second-order valence-electron chi connectivity index (χ2n) is 7.78. The van der Waals surface area contributed by atoms with Crippen LogP contribution in [0.3, 0.4) is 0 Å². The molecule has 1 saturated heterocycles. The molecule has 8 nitrogen and oxygen atoms in total. The number of likely N-dealkylation sites (tertiary alicyclic amines) is 1. The third-order valence-electron chi connectivity index (χ3n) is 5.64. The summed E-state index contributed by atoms with van der Waals surface area (Å²) in [6.07, 6.45) is 3.93. The largest absolute Gasteiger partial charge is 0.348 e. The Morgan fingerprint density at radius 3 is 2.40 bits per heavy atom. The molecule has 0 bridgehead atoms. The Morgan fingerprint density at radius 1 is 1.03 bits per heavy atom. The molecule has 0 saturated carbocycles. The Balaban J connectivity index is 1.45. The van der Waals surface area contributed by atoms with Crippen molar-refractivity contribution in [3.8, 4) is 0 Å². The van der Waals surface area contributed by atoms with E-state index < -0.39 is 11.2 Å². The molecule has 1 aromatic carbocycles. The summed E-state index contributed by atoms with van der Waals surface area (Å²) in [5.41, 5.74) is 1.89. The first-order valence-corrected chi connectivity index (χ1v) is 10.1. The smallest absolute Gasteiger partial charge is 0.332 e. The maximum absolute atomic E-state index is 12.6. The molecule has 0 radical (unpaired) electrons. The van der Waals surface area contributed by atoms with Crippen LogP contribution in [-0.2, 0) is 27.2 Å². The molecule has 1 aliphatic rings. The lowest BCUT2D eigenvalue weighted by molar-refractivity contribution is 0.0950. The average Bonchev–Trinajstić information content (AvgIpc) is 3.28. The van der Waals surface area contributed by atoms with Gasteiger partial charge in [-0.25, -0.2) is 9.78 Å². The van der Waals surface area contributed by atoms with Gasteiger partial charge in [0.1, 0.15) is 5.65 Å². The highest BCUT2D eigenvalue weighted by Gasteiger charge is 2.14. The number of fused-ring (bicyclic) bond motifs is 1. The van der Waals surface area contributed by atoms with Crippen LogP contribution >= 0.6 is 0 Å². The molecule has 2 aromatic heterocycles. The van der Waals surface area contributed by atoms with Gasteiger partial charge in [-0.3, -0.25) is 23.6 Å². The van der Waals surface area contributed by atoms with Gasteiger partial charge in [0.2, 0.25) is 0 Å². The summed E-state index contributed by atoms with van der Waals surface area (Å²) in [6.45, 7) is 3.67. The van der Waals surface area contributed by atoms with Crippen molar-refractivity contribution < 1.29 is 4.79 Å². The molecule has 0 aliphatic carbocycles. The van der Waals surface area contributed by atoms with Crippen molar-refractivity contribution in [3.63, 3.8) is 0 Å². The zero-order valence-electron chi connectivity index (χ0n) is 17.2. The van der Waals surface area contributed by atoms with Crippen molar-refractivity contribution in [1.29, 1.82) is 0 Å². The van der Waals surface area contributed by atoms with Gasteiger partial charge in [-0.05, 0) is 43.1 Å². The van der Waals surface area contributed by atoms with E-state index in [9.17, 15) is 14.4 Å². The maximum atomic E-state index is 12.6. The summed E-state index contributed by atoms with van der Waals surface area (Å²) in [5.74, 6) is -0.318. The molecule has 3 heterocycles. The fraction of sp³-hybridized carbons (Fsp3) is 0.364. The van der Waals surface area contributed by atoms with E-state index in [0.717, 1.165) is 29.8 Å². The van der Waals surface area contributed by atoms with E-state index in [1.54, 1.807) is 7.05 Å². The lowest BCUT2D eigenvalue weighted by Gasteiger charge is -2.14. The van der Waals surface area contributed by atoms with Crippen LogP contribution in [-0.4, -0.2) is 38.0 Å².